The normalized spacial score (nSPS) is 10.7. The van der Waals surface area contributed by atoms with Gasteiger partial charge in [-0.1, -0.05) is 5.16 Å². The molecule has 2 N–H and O–H groups in total. The van der Waals surface area contributed by atoms with E-state index in [4.69, 9.17) is 10.3 Å². The number of hydrogen-bond donors (Lipinski definition) is 1. The summed E-state index contributed by atoms with van der Waals surface area (Å²) in [6.45, 7) is 3.14. The molecule has 2 heterocycles. The van der Waals surface area contributed by atoms with Crippen LogP contribution in [0.3, 0.4) is 0 Å². The monoisotopic (exact) mass is 192 g/mol. The van der Waals surface area contributed by atoms with E-state index < -0.39 is 0 Å². The van der Waals surface area contributed by atoms with Crippen molar-refractivity contribution in [3.05, 3.63) is 24.2 Å². The number of aryl methyl sites for hydroxylation is 1. The van der Waals surface area contributed by atoms with Crippen LogP contribution >= 0.6 is 0 Å². The first-order valence-electron chi connectivity index (χ1n) is 4.47. The summed E-state index contributed by atoms with van der Waals surface area (Å²) in [5, 5.41) is 3.74. The summed E-state index contributed by atoms with van der Waals surface area (Å²) in [6, 6.07) is 3.87. The SMILES string of the molecule is Cc1noc(-c2cccn2CCN)n1. The third kappa shape index (κ3) is 1.54. The standard InChI is InChI=1S/C9H12N4O/c1-7-11-9(14-12-7)8-3-2-5-13(8)6-4-10/h2-3,5H,4,6,10H2,1H3. The van der Waals surface area contributed by atoms with Crippen LogP contribution in [0, 0.1) is 6.92 Å². The van der Waals surface area contributed by atoms with Crippen molar-refractivity contribution in [2.24, 2.45) is 5.73 Å². The van der Waals surface area contributed by atoms with Crippen molar-refractivity contribution in [1.82, 2.24) is 14.7 Å². The first-order chi connectivity index (χ1) is 6.81. The summed E-state index contributed by atoms with van der Waals surface area (Å²) in [5.41, 5.74) is 6.40. The number of nitrogens with zero attached hydrogens (tertiary/aromatic N) is 3. The van der Waals surface area contributed by atoms with Crippen LogP contribution in [0.4, 0.5) is 0 Å². The van der Waals surface area contributed by atoms with Gasteiger partial charge < -0.3 is 14.8 Å². The third-order valence-electron chi connectivity index (χ3n) is 1.95. The van der Waals surface area contributed by atoms with Crippen LogP contribution in [0.25, 0.3) is 11.6 Å². The predicted octanol–water partition coefficient (Wildman–Crippen LogP) is 0.805. The Morgan fingerprint density at radius 3 is 3.07 bits per heavy atom. The topological polar surface area (TPSA) is 69.9 Å². The lowest BCUT2D eigenvalue weighted by Crippen LogP contribution is -2.09. The number of nitrogens with two attached hydrogens (primary N) is 1. The molecular formula is C9H12N4O. The first-order valence-corrected chi connectivity index (χ1v) is 4.47. The van der Waals surface area contributed by atoms with Crippen LogP contribution in [0.2, 0.25) is 0 Å². The molecule has 5 heteroatoms. The second kappa shape index (κ2) is 3.63. The maximum absolute atomic E-state index is 5.48. The van der Waals surface area contributed by atoms with Crippen LogP contribution in [0.5, 0.6) is 0 Å². The minimum absolute atomic E-state index is 0.543. The Morgan fingerprint density at radius 2 is 2.43 bits per heavy atom. The molecule has 0 atom stereocenters. The van der Waals surface area contributed by atoms with Crippen LogP contribution < -0.4 is 5.73 Å². The van der Waals surface area contributed by atoms with Gasteiger partial charge in [-0.25, -0.2) is 0 Å². The second-order valence-electron chi connectivity index (χ2n) is 3.02. The molecule has 0 aliphatic carbocycles. The van der Waals surface area contributed by atoms with Gasteiger partial charge in [-0.05, 0) is 19.1 Å². The van der Waals surface area contributed by atoms with E-state index in [1.54, 1.807) is 6.92 Å². The Kier molecular flexibility index (Phi) is 2.32. The largest absolute Gasteiger partial charge is 0.342 e. The molecular weight excluding hydrogens is 180 g/mol. The summed E-state index contributed by atoms with van der Waals surface area (Å²) < 4.78 is 7.07. The molecule has 0 unspecified atom stereocenters. The lowest BCUT2D eigenvalue weighted by molar-refractivity contribution is 0.422. The molecule has 0 fully saturated rings. The van der Waals surface area contributed by atoms with Gasteiger partial charge in [-0.3, -0.25) is 0 Å². The Balaban J connectivity index is 2.36. The molecule has 2 aromatic heterocycles. The van der Waals surface area contributed by atoms with Gasteiger partial charge in [-0.2, -0.15) is 4.98 Å². The van der Waals surface area contributed by atoms with E-state index in [-0.39, 0.29) is 0 Å². The maximum Gasteiger partial charge on any atom is 0.274 e. The zero-order chi connectivity index (χ0) is 9.97. The molecule has 0 radical (unpaired) electrons. The molecule has 0 aliphatic rings. The quantitative estimate of drug-likeness (QED) is 0.781. The highest BCUT2D eigenvalue weighted by Gasteiger charge is 2.09. The van der Waals surface area contributed by atoms with E-state index in [1.807, 2.05) is 22.9 Å². The van der Waals surface area contributed by atoms with Gasteiger partial charge in [0.25, 0.3) is 5.89 Å². The molecule has 0 spiro atoms. The van der Waals surface area contributed by atoms with Crippen molar-refractivity contribution < 1.29 is 4.52 Å². The van der Waals surface area contributed by atoms with E-state index in [2.05, 4.69) is 10.1 Å². The summed E-state index contributed by atoms with van der Waals surface area (Å²) in [5.74, 6) is 1.18. The summed E-state index contributed by atoms with van der Waals surface area (Å²) in [7, 11) is 0. The van der Waals surface area contributed by atoms with Crippen molar-refractivity contribution in [2.45, 2.75) is 13.5 Å². The van der Waals surface area contributed by atoms with E-state index in [1.165, 1.54) is 0 Å². The fraction of sp³-hybridized carbons (Fsp3) is 0.333. The van der Waals surface area contributed by atoms with Crippen LogP contribution in [-0.4, -0.2) is 21.3 Å². The molecule has 0 amide bonds. The zero-order valence-electron chi connectivity index (χ0n) is 7.97. The highest BCUT2D eigenvalue weighted by atomic mass is 16.5. The number of rotatable bonds is 3. The van der Waals surface area contributed by atoms with Gasteiger partial charge in [0, 0.05) is 19.3 Å². The van der Waals surface area contributed by atoms with Gasteiger partial charge in [0.15, 0.2) is 5.82 Å². The van der Waals surface area contributed by atoms with E-state index in [0.29, 0.717) is 18.3 Å². The molecule has 2 rings (SSSR count). The summed E-state index contributed by atoms with van der Waals surface area (Å²) >= 11 is 0. The Morgan fingerprint density at radius 1 is 1.57 bits per heavy atom. The fourth-order valence-corrected chi connectivity index (χ4v) is 1.34. The molecule has 0 saturated carbocycles. The molecule has 74 valence electrons. The Bertz CT molecular complexity index is 418. The van der Waals surface area contributed by atoms with Gasteiger partial charge in [-0.15, -0.1) is 0 Å². The van der Waals surface area contributed by atoms with E-state index in [0.717, 1.165) is 12.2 Å². The average Bonchev–Trinajstić information content (AvgIpc) is 2.74. The zero-order valence-corrected chi connectivity index (χ0v) is 7.97. The average molecular weight is 192 g/mol. The van der Waals surface area contributed by atoms with Crippen molar-refractivity contribution in [1.29, 1.82) is 0 Å². The summed E-state index contributed by atoms with van der Waals surface area (Å²) in [6.07, 6.45) is 1.95. The van der Waals surface area contributed by atoms with Crippen molar-refractivity contribution in [3.8, 4) is 11.6 Å². The highest BCUT2D eigenvalue weighted by molar-refractivity contribution is 5.47. The van der Waals surface area contributed by atoms with Gasteiger partial charge >= 0.3 is 0 Å². The van der Waals surface area contributed by atoms with E-state index in [9.17, 15) is 0 Å². The van der Waals surface area contributed by atoms with Crippen LogP contribution in [0.1, 0.15) is 5.82 Å². The predicted molar refractivity (Wildman–Crippen MR) is 51.5 cm³/mol. The molecule has 14 heavy (non-hydrogen) atoms. The molecule has 5 nitrogen and oxygen atoms in total. The van der Waals surface area contributed by atoms with Crippen LogP contribution in [-0.2, 0) is 6.54 Å². The molecule has 0 aromatic carbocycles. The van der Waals surface area contributed by atoms with Crippen molar-refractivity contribution in [2.75, 3.05) is 6.54 Å². The van der Waals surface area contributed by atoms with Crippen LogP contribution in [0.15, 0.2) is 22.9 Å². The maximum atomic E-state index is 5.48. The molecule has 0 aliphatic heterocycles. The minimum atomic E-state index is 0.543. The fourth-order valence-electron chi connectivity index (χ4n) is 1.34. The molecule has 2 aromatic rings. The van der Waals surface area contributed by atoms with E-state index >= 15 is 0 Å². The Hall–Kier alpha value is -1.62. The van der Waals surface area contributed by atoms with Gasteiger partial charge in [0.05, 0.1) is 0 Å². The lowest BCUT2D eigenvalue weighted by Gasteiger charge is -2.02. The molecule has 0 saturated heterocycles. The third-order valence-corrected chi connectivity index (χ3v) is 1.95. The number of hydrogen-bond acceptors (Lipinski definition) is 4. The molecule has 0 bridgehead atoms. The Labute approximate surface area is 81.5 Å². The van der Waals surface area contributed by atoms with Gasteiger partial charge in [0.2, 0.25) is 0 Å². The lowest BCUT2D eigenvalue weighted by atomic mass is 10.4. The first kappa shape index (κ1) is 8.96. The van der Waals surface area contributed by atoms with Crippen molar-refractivity contribution >= 4 is 0 Å². The summed E-state index contributed by atoms with van der Waals surface area (Å²) in [4.78, 5) is 4.16. The van der Waals surface area contributed by atoms with Crippen molar-refractivity contribution in [3.63, 3.8) is 0 Å². The van der Waals surface area contributed by atoms with Gasteiger partial charge in [0.1, 0.15) is 5.69 Å². The minimum Gasteiger partial charge on any atom is -0.342 e. The number of aromatic nitrogens is 3. The second-order valence-corrected chi connectivity index (χ2v) is 3.02. The smallest absolute Gasteiger partial charge is 0.274 e. The highest BCUT2D eigenvalue weighted by Crippen LogP contribution is 2.17.